The van der Waals surface area contributed by atoms with Gasteiger partial charge in [-0.1, -0.05) is 0 Å². The third-order valence-electron chi connectivity index (χ3n) is 5.03. The molecule has 154 valence electrons. The minimum Gasteiger partial charge on any atom is -0.490 e. The van der Waals surface area contributed by atoms with Gasteiger partial charge in [-0.25, -0.2) is 4.79 Å². The van der Waals surface area contributed by atoms with E-state index in [2.05, 4.69) is 0 Å². The molecule has 1 fully saturated rings. The number of carbonyl (C=O) groups excluding carboxylic acids is 2. The standard InChI is InChI=1S/C19H27N3O6/c1-19(25)5-7-22(8-6-19)18(24)27-10-9-26-13-3-4-16-15(11-13)21(2)17(23)14(20)12-28-16/h3-4,11,14,25H,5-10,12,20H2,1-2H3/t14-/m0/s1. The number of rotatable bonds is 4. The van der Waals surface area contributed by atoms with E-state index in [1.165, 1.54) is 4.90 Å². The van der Waals surface area contributed by atoms with E-state index < -0.39 is 17.7 Å². The molecule has 3 N–H and O–H groups in total. The van der Waals surface area contributed by atoms with Gasteiger partial charge in [0.25, 0.3) is 0 Å². The Morgan fingerprint density at radius 2 is 2.07 bits per heavy atom. The molecule has 1 saturated heterocycles. The fourth-order valence-corrected chi connectivity index (χ4v) is 3.14. The third-order valence-corrected chi connectivity index (χ3v) is 5.03. The number of fused-ring (bicyclic) bond motifs is 1. The maximum absolute atomic E-state index is 12.1. The molecule has 28 heavy (non-hydrogen) atoms. The molecule has 9 nitrogen and oxygen atoms in total. The summed E-state index contributed by atoms with van der Waals surface area (Å²) < 4.78 is 16.4. The summed E-state index contributed by atoms with van der Waals surface area (Å²) in [6, 6.07) is 4.43. The van der Waals surface area contributed by atoms with Crippen molar-refractivity contribution in [1.29, 1.82) is 0 Å². The predicted octanol–water partition coefficient (Wildman–Crippen LogP) is 0.731. The molecule has 1 aromatic rings. The molecule has 2 aliphatic rings. The average Bonchev–Trinajstić information content (AvgIpc) is 2.77. The van der Waals surface area contributed by atoms with E-state index in [-0.39, 0.29) is 25.7 Å². The van der Waals surface area contributed by atoms with E-state index in [0.717, 1.165) is 0 Å². The summed E-state index contributed by atoms with van der Waals surface area (Å²) in [5, 5.41) is 9.93. The first kappa shape index (κ1) is 20.2. The van der Waals surface area contributed by atoms with Crippen LogP contribution in [0.25, 0.3) is 0 Å². The smallest absolute Gasteiger partial charge is 0.409 e. The molecule has 2 amide bonds. The van der Waals surface area contributed by atoms with Crippen molar-refractivity contribution in [3.63, 3.8) is 0 Å². The van der Waals surface area contributed by atoms with E-state index in [1.54, 1.807) is 37.1 Å². The van der Waals surface area contributed by atoms with Crippen LogP contribution in [0.4, 0.5) is 10.5 Å². The molecule has 1 atom stereocenters. The molecule has 3 rings (SSSR count). The van der Waals surface area contributed by atoms with Crippen LogP contribution in [0.3, 0.4) is 0 Å². The molecule has 0 unspecified atom stereocenters. The van der Waals surface area contributed by atoms with Crippen molar-refractivity contribution in [2.75, 3.05) is 44.9 Å². The zero-order valence-electron chi connectivity index (χ0n) is 16.2. The summed E-state index contributed by atoms with van der Waals surface area (Å²) in [4.78, 5) is 27.2. The Balaban J connectivity index is 1.48. The number of piperidine rings is 1. The summed E-state index contributed by atoms with van der Waals surface area (Å²) in [5.74, 6) is 0.858. The Morgan fingerprint density at radius 3 is 2.79 bits per heavy atom. The van der Waals surface area contributed by atoms with Crippen LogP contribution in [0, 0.1) is 0 Å². The summed E-state index contributed by atoms with van der Waals surface area (Å²) in [6.45, 7) is 3.11. The largest absolute Gasteiger partial charge is 0.490 e. The van der Waals surface area contributed by atoms with E-state index >= 15 is 0 Å². The van der Waals surface area contributed by atoms with Gasteiger partial charge in [-0.05, 0) is 31.9 Å². The number of likely N-dealkylation sites (N-methyl/N-ethyl adjacent to an activating group) is 1. The molecular weight excluding hydrogens is 366 g/mol. The number of hydrogen-bond donors (Lipinski definition) is 2. The van der Waals surface area contributed by atoms with Gasteiger partial charge < -0.3 is 34.9 Å². The second kappa shape index (κ2) is 8.24. The molecule has 0 aromatic heterocycles. The molecule has 0 aliphatic carbocycles. The van der Waals surface area contributed by atoms with Crippen LogP contribution in [-0.2, 0) is 9.53 Å². The normalized spacial score (nSPS) is 21.4. The maximum Gasteiger partial charge on any atom is 0.409 e. The molecule has 2 aliphatic heterocycles. The number of carbonyl (C=O) groups is 2. The van der Waals surface area contributed by atoms with Crippen molar-refractivity contribution in [1.82, 2.24) is 4.90 Å². The third kappa shape index (κ3) is 4.66. The minimum atomic E-state index is -0.715. The van der Waals surface area contributed by atoms with Gasteiger partial charge in [0.05, 0.1) is 11.3 Å². The highest BCUT2D eigenvalue weighted by atomic mass is 16.6. The number of benzene rings is 1. The van der Waals surface area contributed by atoms with Gasteiger partial charge in [0.1, 0.15) is 37.4 Å². The summed E-state index contributed by atoms with van der Waals surface area (Å²) >= 11 is 0. The van der Waals surface area contributed by atoms with E-state index in [0.29, 0.717) is 43.1 Å². The number of aliphatic hydroxyl groups is 1. The Kier molecular flexibility index (Phi) is 5.95. The van der Waals surface area contributed by atoms with Crippen LogP contribution in [0.5, 0.6) is 11.5 Å². The van der Waals surface area contributed by atoms with Crippen LogP contribution < -0.4 is 20.1 Å². The number of hydrogen-bond acceptors (Lipinski definition) is 7. The van der Waals surface area contributed by atoms with Gasteiger partial charge in [0, 0.05) is 26.2 Å². The van der Waals surface area contributed by atoms with Crippen molar-refractivity contribution in [2.45, 2.75) is 31.4 Å². The zero-order chi connectivity index (χ0) is 20.3. The lowest BCUT2D eigenvalue weighted by Crippen LogP contribution is -2.45. The van der Waals surface area contributed by atoms with E-state index in [4.69, 9.17) is 19.9 Å². The predicted molar refractivity (Wildman–Crippen MR) is 102 cm³/mol. The first-order valence-corrected chi connectivity index (χ1v) is 9.34. The fraction of sp³-hybridized carbons (Fsp3) is 0.579. The Labute approximate surface area is 163 Å². The first-order chi connectivity index (χ1) is 13.3. The molecule has 9 heteroatoms. The van der Waals surface area contributed by atoms with Crippen LogP contribution in [0.15, 0.2) is 18.2 Å². The zero-order valence-corrected chi connectivity index (χ0v) is 16.2. The Hall–Kier alpha value is -2.52. The van der Waals surface area contributed by atoms with Crippen molar-refractivity contribution < 1.29 is 28.9 Å². The topological polar surface area (TPSA) is 115 Å². The van der Waals surface area contributed by atoms with Crippen LogP contribution in [0.2, 0.25) is 0 Å². The lowest BCUT2D eigenvalue weighted by Gasteiger charge is -2.35. The molecule has 0 radical (unpaired) electrons. The van der Waals surface area contributed by atoms with Crippen LogP contribution in [0.1, 0.15) is 19.8 Å². The van der Waals surface area contributed by atoms with Gasteiger partial charge in [0.2, 0.25) is 5.91 Å². The van der Waals surface area contributed by atoms with Gasteiger partial charge in [-0.15, -0.1) is 0 Å². The lowest BCUT2D eigenvalue weighted by molar-refractivity contribution is -0.119. The van der Waals surface area contributed by atoms with E-state index in [1.807, 2.05) is 0 Å². The summed E-state index contributed by atoms with van der Waals surface area (Å²) in [6.07, 6.45) is 0.658. The molecule has 0 saturated carbocycles. The van der Waals surface area contributed by atoms with Crippen molar-refractivity contribution >= 4 is 17.7 Å². The summed E-state index contributed by atoms with van der Waals surface area (Å²) in [7, 11) is 1.64. The average molecular weight is 393 g/mol. The molecule has 0 spiro atoms. The van der Waals surface area contributed by atoms with Gasteiger partial charge in [-0.3, -0.25) is 4.79 Å². The summed E-state index contributed by atoms with van der Waals surface area (Å²) in [5.41, 5.74) is 5.64. The first-order valence-electron chi connectivity index (χ1n) is 9.34. The number of likely N-dealkylation sites (tertiary alicyclic amines) is 1. The Bertz CT molecular complexity index is 728. The molecule has 1 aromatic carbocycles. The van der Waals surface area contributed by atoms with Crippen molar-refractivity contribution in [3.05, 3.63) is 18.2 Å². The number of nitrogens with two attached hydrogens (primary N) is 1. The fourth-order valence-electron chi connectivity index (χ4n) is 3.14. The molecular formula is C19H27N3O6. The maximum atomic E-state index is 12.1. The van der Waals surface area contributed by atoms with Crippen LogP contribution in [-0.4, -0.2) is 73.6 Å². The van der Waals surface area contributed by atoms with Crippen molar-refractivity contribution in [3.8, 4) is 11.5 Å². The highest BCUT2D eigenvalue weighted by Gasteiger charge is 2.30. The highest BCUT2D eigenvalue weighted by molar-refractivity contribution is 5.98. The van der Waals surface area contributed by atoms with Gasteiger partial charge in [0.15, 0.2) is 0 Å². The number of ether oxygens (including phenoxy) is 3. The quantitative estimate of drug-likeness (QED) is 0.725. The minimum absolute atomic E-state index is 0.0962. The number of nitrogens with zero attached hydrogens (tertiary/aromatic N) is 2. The molecule has 0 bridgehead atoms. The monoisotopic (exact) mass is 393 g/mol. The molecule has 2 heterocycles. The number of amides is 2. The van der Waals surface area contributed by atoms with E-state index in [9.17, 15) is 14.7 Å². The van der Waals surface area contributed by atoms with Crippen LogP contribution >= 0.6 is 0 Å². The van der Waals surface area contributed by atoms with Gasteiger partial charge >= 0.3 is 6.09 Å². The lowest BCUT2D eigenvalue weighted by atomic mass is 9.94. The van der Waals surface area contributed by atoms with Crippen molar-refractivity contribution in [2.24, 2.45) is 5.73 Å². The highest BCUT2D eigenvalue weighted by Crippen LogP contribution is 2.34. The second-order valence-corrected chi connectivity index (χ2v) is 7.39. The second-order valence-electron chi connectivity index (χ2n) is 7.39. The van der Waals surface area contributed by atoms with Gasteiger partial charge in [-0.2, -0.15) is 0 Å². The Morgan fingerprint density at radius 1 is 1.36 bits per heavy atom. The SMILES string of the molecule is CN1C(=O)[C@@H](N)COc2ccc(OCCOC(=O)N3CCC(C)(O)CC3)cc21. The number of anilines is 1.